The number of ether oxygens (including phenoxy) is 8. The molecule has 0 saturated carbocycles. The van der Waals surface area contributed by atoms with Gasteiger partial charge in [-0.15, -0.1) is 0 Å². The molecule has 8 fully saturated rings. The van der Waals surface area contributed by atoms with Crippen LogP contribution >= 0.6 is 39.2 Å². The summed E-state index contributed by atoms with van der Waals surface area (Å²) >= 11 is 21.4. The number of anilines is 2. The van der Waals surface area contributed by atoms with Crippen molar-refractivity contribution in [3.05, 3.63) is 131 Å². The van der Waals surface area contributed by atoms with Crippen molar-refractivity contribution in [3.63, 3.8) is 0 Å². The van der Waals surface area contributed by atoms with Gasteiger partial charge in [0, 0.05) is 48.1 Å². The summed E-state index contributed by atoms with van der Waals surface area (Å²) in [6.45, 7) is -11.4. The Labute approximate surface area is 635 Å². The molecule has 25 atom stereocenters. The summed E-state index contributed by atoms with van der Waals surface area (Å²) in [5, 5.41) is 11.7. The Hall–Kier alpha value is -5.93. The number of aliphatic hydroxyl groups is 1. The van der Waals surface area contributed by atoms with Crippen molar-refractivity contribution in [2.75, 3.05) is 37.9 Å². The Morgan fingerprint density at radius 2 is 0.936 bits per heavy atom. The fraction of sp³-hybridized carbons (Fsp3) is 0.614. The van der Waals surface area contributed by atoms with Crippen molar-refractivity contribution >= 4 is 109 Å². The molecule has 598 valence electrons. The van der Waals surface area contributed by atoms with E-state index in [0.29, 0.717) is 6.42 Å². The van der Waals surface area contributed by atoms with Gasteiger partial charge in [0.25, 0.3) is 27.8 Å². The number of nitrogens with one attached hydrogen (secondary N) is 5. The van der Waals surface area contributed by atoms with Crippen LogP contribution in [0.4, 0.5) is 11.9 Å². The van der Waals surface area contributed by atoms with Gasteiger partial charge in [-0.1, -0.05) is 19.2 Å². The molecule has 0 aromatic carbocycles. The second-order valence-corrected chi connectivity index (χ2v) is 38.8. The highest BCUT2D eigenvalue weighted by molar-refractivity contribution is 8.44. The van der Waals surface area contributed by atoms with Gasteiger partial charge >= 0.3 is 44.0 Å². The molecular formula is C57H72N16O29P4S4. The van der Waals surface area contributed by atoms with Crippen LogP contribution < -0.4 is 56.3 Å². The van der Waals surface area contributed by atoms with Gasteiger partial charge in [-0.3, -0.25) is 89.8 Å². The van der Waals surface area contributed by atoms with E-state index in [2.05, 4.69) is 57.1 Å². The van der Waals surface area contributed by atoms with Crippen LogP contribution in [0.3, 0.4) is 0 Å². The highest BCUT2D eigenvalue weighted by atomic mass is 32.7. The van der Waals surface area contributed by atoms with Gasteiger partial charge in [0.1, 0.15) is 78.1 Å². The number of nitrogens with zero attached hydrogens (tertiary/aromatic N) is 9. The molecule has 8 aliphatic rings. The van der Waals surface area contributed by atoms with E-state index in [9.17, 15) is 58.1 Å². The van der Waals surface area contributed by atoms with Gasteiger partial charge in [-0.05, 0) is 83.4 Å². The van der Waals surface area contributed by atoms with E-state index in [1.807, 2.05) is 0 Å². The van der Waals surface area contributed by atoms with Gasteiger partial charge in [0.05, 0.1) is 69.6 Å². The zero-order valence-electron chi connectivity index (χ0n) is 58.4. The van der Waals surface area contributed by atoms with E-state index >= 15 is 4.57 Å². The smallest absolute Gasteiger partial charge is 0.386 e. The summed E-state index contributed by atoms with van der Waals surface area (Å²) in [5.74, 6) is -0.506. The number of aromatic amines is 5. The lowest BCUT2D eigenvalue weighted by atomic mass is 9.94. The number of nitrogen functional groups attached to an aromatic ring is 2. The highest BCUT2D eigenvalue weighted by Gasteiger charge is 2.72. The van der Waals surface area contributed by atoms with Crippen molar-refractivity contribution in [2.45, 2.75) is 195 Å². The number of aliphatic hydroxyl groups excluding tert-OH is 1. The van der Waals surface area contributed by atoms with Crippen LogP contribution in [-0.2, 0) is 114 Å². The third-order valence-electron chi connectivity index (χ3n) is 20.7. The number of thiol groups is 1. The fourth-order valence-corrected chi connectivity index (χ4v) is 20.9. The largest absolute Gasteiger partial charge is 0.387 e. The highest BCUT2D eigenvalue weighted by Crippen LogP contribution is 2.64. The Balaban J connectivity index is 0.691. The Morgan fingerprint density at radius 3 is 1.46 bits per heavy atom. The summed E-state index contributed by atoms with van der Waals surface area (Å²) in [7, 11) is 0. The van der Waals surface area contributed by atoms with E-state index in [1.165, 1.54) is 81.9 Å². The van der Waals surface area contributed by atoms with Gasteiger partial charge in [-0.2, -0.15) is 9.97 Å². The molecule has 8 aliphatic heterocycles. The van der Waals surface area contributed by atoms with Gasteiger partial charge < -0.3 is 87.2 Å². The van der Waals surface area contributed by atoms with Crippen LogP contribution in [-0.4, -0.2) is 210 Å². The Bertz CT molecular complexity index is 5580. The summed E-state index contributed by atoms with van der Waals surface area (Å²) in [5.41, 5.74) is -0.321. The third-order valence-corrected chi connectivity index (χ3v) is 27.0. The quantitative estimate of drug-likeness (QED) is 0.0224. The number of aromatic nitrogens is 14. The van der Waals surface area contributed by atoms with Crippen LogP contribution in [0.5, 0.6) is 0 Å². The Morgan fingerprint density at radius 1 is 0.536 bits per heavy atom. The van der Waals surface area contributed by atoms with E-state index in [0.717, 1.165) is 13.7 Å². The molecule has 0 radical (unpaired) electrons. The molecular weight excluding hydrogens is 1620 g/mol. The first-order valence-corrected chi connectivity index (χ1v) is 44.2. The van der Waals surface area contributed by atoms with Gasteiger partial charge in [0.15, 0.2) is 41.0 Å². The van der Waals surface area contributed by atoms with Crippen molar-refractivity contribution in [2.24, 2.45) is 0 Å². The molecule has 0 spiro atoms. The predicted molar refractivity (Wildman–Crippen MR) is 388 cm³/mol. The van der Waals surface area contributed by atoms with Crippen molar-refractivity contribution in [1.29, 1.82) is 0 Å². The maximum absolute atomic E-state index is 15.1. The maximum Gasteiger partial charge on any atom is 0.386 e. The summed E-state index contributed by atoms with van der Waals surface area (Å²) in [6.07, 6.45) is -17.0. The summed E-state index contributed by atoms with van der Waals surface area (Å²) in [6, 6.07) is 0. The lowest BCUT2D eigenvalue weighted by Gasteiger charge is -2.38. The van der Waals surface area contributed by atoms with E-state index in [4.69, 9.17) is 121 Å². The summed E-state index contributed by atoms with van der Waals surface area (Å²) < 4.78 is 122. The third kappa shape index (κ3) is 14.1. The number of aryl methyl sites for hydroxylation is 3. The number of imidazole rings is 2. The zero-order chi connectivity index (χ0) is 78.8. The molecule has 13 N–H and O–H groups in total. The topological polar surface area (TPSA) is 589 Å². The molecule has 7 aromatic rings. The predicted octanol–water partition coefficient (Wildman–Crippen LogP) is -1.20. The molecule has 45 nitrogen and oxygen atoms in total. The van der Waals surface area contributed by atoms with Gasteiger partial charge in [-0.25, -0.2) is 28.9 Å². The molecule has 8 saturated heterocycles. The number of rotatable bonds is 26. The first kappa shape index (κ1) is 79.3. The summed E-state index contributed by atoms with van der Waals surface area (Å²) in [4.78, 5) is 168. The minimum absolute atomic E-state index is 0.0117. The SMILES string of the molecule is CC[C@H]1O[C@@H](n2cnc3c(=O)[nH]c(N)nc32)CC1OP(O)(=S)OC[C@H]1O[C@@H](n2cc(C)c(=O)[nH]c2=O)CC1OP(=O)(S)OC[C@]12O[C@@H](n3cnc4c(=O)[nH]c(N)nc43)[C@@H](O[C@H]1C)C2OP(O)(=S)OC[C@]12O[C@@H](n3cc(C)c(=O)[nH]c3=O)[C@@H](O[C@H]1C)C2OP(O)(=S)OC[C@]12O[C@@H](n3cc(C)c(=O)[nH]c3=O)[C@@H](O[C@H]1C)C2O. The lowest BCUT2D eigenvalue weighted by Crippen LogP contribution is -2.52. The number of fused-ring (bicyclic) bond motifs is 8. The van der Waals surface area contributed by atoms with E-state index in [-0.39, 0.29) is 63.8 Å². The first-order chi connectivity index (χ1) is 51.7. The van der Waals surface area contributed by atoms with Crippen LogP contribution in [0.25, 0.3) is 22.3 Å². The molecule has 6 bridgehead atoms. The number of hydrogen-bond donors (Lipinski definition) is 12. The van der Waals surface area contributed by atoms with Crippen LogP contribution in [0.1, 0.15) is 94.8 Å². The average molecular weight is 1700 g/mol. The number of H-pyrrole nitrogens is 5. The normalized spacial score (nSPS) is 35.2. The zero-order valence-corrected chi connectivity index (χ0v) is 65.3. The lowest BCUT2D eigenvalue weighted by molar-refractivity contribution is -0.218. The van der Waals surface area contributed by atoms with Crippen molar-refractivity contribution in [1.82, 2.24) is 67.7 Å². The molecule has 53 heteroatoms. The van der Waals surface area contributed by atoms with Crippen LogP contribution in [0.15, 0.2) is 69.6 Å². The number of hydrogen-bond acceptors (Lipinski definition) is 35. The first-order valence-electron chi connectivity index (χ1n) is 33.8. The molecule has 9 unspecified atom stereocenters. The fourth-order valence-electron chi connectivity index (χ4n) is 15.1. The minimum Gasteiger partial charge on any atom is -0.387 e. The molecule has 0 aliphatic carbocycles. The van der Waals surface area contributed by atoms with E-state index < -0.39 is 226 Å². The monoisotopic (exact) mass is 1700 g/mol. The minimum atomic E-state index is -4.90. The Kier molecular flexibility index (Phi) is 20.8. The maximum atomic E-state index is 15.1. The van der Waals surface area contributed by atoms with Crippen molar-refractivity contribution in [3.8, 4) is 0 Å². The van der Waals surface area contributed by atoms with Crippen molar-refractivity contribution < 1.29 is 98.4 Å². The van der Waals surface area contributed by atoms with Crippen LogP contribution in [0, 0.1) is 20.8 Å². The number of nitrogens with two attached hydrogens (primary N) is 2. The molecule has 0 amide bonds. The molecule has 15 rings (SSSR count). The molecule has 110 heavy (non-hydrogen) atoms. The van der Waals surface area contributed by atoms with Crippen LogP contribution in [0.2, 0.25) is 0 Å². The molecule has 7 aromatic heterocycles. The molecule has 15 heterocycles. The van der Waals surface area contributed by atoms with Gasteiger partial charge in [0.2, 0.25) is 11.9 Å². The average Bonchev–Trinajstić information content (AvgIpc) is 1.55. The standard InChI is InChI=1S/C57H72N16O29P4S4/c1-8-26-27(9-31(94-26)72-18-60-32-40(72)62-50(58)64-45(32)78)99-103(83,107)87-14-29-28(10-30(95-29)69-11-20(2)42(75)66-52(69)80)100-104(84,108)89-16-57-25(7)93-36(49(98-57)73-19-61-33-41(73)63-51(59)65-46(33)79)39(57)102-106(86,110)90-17-56-24(6)92-35(48(97-56)71-13-22(4)44(77)68-54(71)82)38(56)101-105(85,109)88-15-55-23(5)91-34(37(55)74)47(96-55)70-12-21(3)43(76)67-53(70)81/h11-13,18-19,23-31,34-39,47-49,74H,8-10,14-17H2,1-7H3,(H,83,107)(H,84,108)(H,85,109)(H,86,110)(H,66,75,80)(H,67,76,81)(H,68,77,82)(H3,58,62,64,78)(H3,59,63,65,79)/t23-,24-,25-,26+,27?,28?,29+,30+,31+,34-,35-,36-,37?,38?,39?,47+,48+,49+,55-,56-,57-,103?,104?,105?,106?/m0/s1. The van der Waals surface area contributed by atoms with E-state index in [1.54, 1.807) is 6.92 Å². The second kappa shape index (κ2) is 28.8. The second-order valence-electron chi connectivity index (χ2n) is 27.5.